The highest BCUT2D eigenvalue weighted by molar-refractivity contribution is 6.14. The zero-order valence-electron chi connectivity index (χ0n) is 42.6. The SMILES string of the molecule is Cc1ccc2c(-c3nc(-c4cccc5ccccc45)nc(-n4c5cc6c(cc5c5cc7c(cc54)-c4ccccc4C74c5ccccc5-c5ccccc54)C(c4ccccc4)(c4ccccc4)c4ccccc4-6)n3)cccc2c1. The van der Waals surface area contributed by atoms with Crippen molar-refractivity contribution in [3.63, 3.8) is 0 Å². The van der Waals surface area contributed by atoms with Crippen LogP contribution in [0, 0.1) is 6.92 Å². The summed E-state index contributed by atoms with van der Waals surface area (Å²) in [7, 11) is 0. The summed E-state index contributed by atoms with van der Waals surface area (Å²) in [5.74, 6) is 1.80. The highest BCUT2D eigenvalue weighted by Crippen LogP contribution is 2.64. The van der Waals surface area contributed by atoms with Crippen LogP contribution in [0.5, 0.6) is 0 Å². The minimum absolute atomic E-state index is 0.541. The van der Waals surface area contributed by atoms with Crippen LogP contribution in [-0.4, -0.2) is 19.5 Å². The van der Waals surface area contributed by atoms with Crippen molar-refractivity contribution in [2.75, 3.05) is 0 Å². The predicted molar refractivity (Wildman–Crippen MR) is 318 cm³/mol. The van der Waals surface area contributed by atoms with Crippen LogP contribution in [0.1, 0.15) is 50.1 Å². The van der Waals surface area contributed by atoms with Gasteiger partial charge in [-0.25, -0.2) is 4.98 Å². The lowest BCUT2D eigenvalue weighted by Crippen LogP contribution is -2.28. The molecule has 2 heterocycles. The van der Waals surface area contributed by atoms with E-state index >= 15 is 0 Å². The van der Waals surface area contributed by atoms with Crippen molar-refractivity contribution < 1.29 is 0 Å². The molecule has 3 aliphatic carbocycles. The summed E-state index contributed by atoms with van der Waals surface area (Å²) in [4.78, 5) is 16.9. The molecule has 4 nitrogen and oxygen atoms in total. The molecule has 0 unspecified atom stereocenters. The molecule has 362 valence electrons. The lowest BCUT2D eigenvalue weighted by Gasteiger charge is -2.34. The van der Waals surface area contributed by atoms with E-state index in [1.807, 2.05) is 0 Å². The van der Waals surface area contributed by atoms with E-state index in [1.54, 1.807) is 0 Å². The first-order chi connectivity index (χ1) is 38.6. The molecule has 0 amide bonds. The van der Waals surface area contributed by atoms with E-state index in [0.29, 0.717) is 17.6 Å². The lowest BCUT2D eigenvalue weighted by molar-refractivity contribution is 0.769. The standard InChI is InChI=1S/C74H46N4/c1-45-38-39-51-47(40-45)22-19-33-57(51)71-75-70(56-32-18-21-46-20-8-9-27-50(46)56)76-72(77-71)78-68-43-58-54-30-12-14-34-62(54)73(48-23-4-2-5-24-48,49-25-6-3-7-26-49)66(58)41-60(68)61-42-67-59(44-69(61)78)55-31-13-17-37-65(55)74(67)63-35-15-10-28-52(63)53-29-11-16-36-64(53)74/h2-44H,1H3. The second kappa shape index (κ2) is 16.0. The third kappa shape index (κ3) is 5.65. The van der Waals surface area contributed by atoms with Gasteiger partial charge in [-0.1, -0.05) is 242 Å². The van der Waals surface area contributed by atoms with Gasteiger partial charge in [-0.3, -0.25) is 4.57 Å². The Morgan fingerprint density at radius 3 is 1.24 bits per heavy atom. The predicted octanol–water partition coefficient (Wildman–Crippen LogP) is 17.6. The van der Waals surface area contributed by atoms with Gasteiger partial charge >= 0.3 is 0 Å². The molecule has 17 rings (SSSR count). The average Bonchev–Trinajstić information content (AvgIpc) is 4.11. The first-order valence-corrected chi connectivity index (χ1v) is 27.0. The van der Waals surface area contributed by atoms with Crippen LogP contribution in [-0.2, 0) is 10.8 Å². The monoisotopic (exact) mass is 990 g/mol. The number of nitrogens with zero attached hydrogens (tertiary/aromatic N) is 4. The average molecular weight is 991 g/mol. The van der Waals surface area contributed by atoms with Gasteiger partial charge in [-0.2, -0.15) is 9.97 Å². The van der Waals surface area contributed by atoms with Crippen molar-refractivity contribution in [2.24, 2.45) is 0 Å². The Labute approximate surface area is 451 Å². The van der Waals surface area contributed by atoms with E-state index in [2.05, 4.69) is 272 Å². The van der Waals surface area contributed by atoms with E-state index in [-0.39, 0.29) is 0 Å². The van der Waals surface area contributed by atoms with E-state index in [4.69, 9.17) is 15.0 Å². The summed E-state index contributed by atoms with van der Waals surface area (Å²) in [6.07, 6.45) is 0. The van der Waals surface area contributed by atoms with Gasteiger partial charge in [0.15, 0.2) is 11.6 Å². The number of rotatable bonds is 5. The first-order valence-electron chi connectivity index (χ1n) is 27.0. The fourth-order valence-corrected chi connectivity index (χ4v) is 14.5. The lowest BCUT2D eigenvalue weighted by atomic mass is 9.67. The molecular formula is C74H46N4. The van der Waals surface area contributed by atoms with Crippen LogP contribution < -0.4 is 0 Å². The van der Waals surface area contributed by atoms with E-state index in [0.717, 1.165) is 54.5 Å². The number of aryl methyl sites for hydroxylation is 1. The van der Waals surface area contributed by atoms with Crippen LogP contribution in [0.4, 0.5) is 0 Å². The van der Waals surface area contributed by atoms with Crippen LogP contribution in [0.15, 0.2) is 261 Å². The van der Waals surface area contributed by atoms with Gasteiger partial charge in [0.2, 0.25) is 5.95 Å². The van der Waals surface area contributed by atoms with Gasteiger partial charge in [-0.15, -0.1) is 0 Å². The molecule has 78 heavy (non-hydrogen) atoms. The van der Waals surface area contributed by atoms with Crippen molar-refractivity contribution in [2.45, 2.75) is 17.8 Å². The highest BCUT2D eigenvalue weighted by Gasteiger charge is 2.52. The number of hydrogen-bond acceptors (Lipinski definition) is 3. The summed E-state index contributed by atoms with van der Waals surface area (Å²) >= 11 is 0. The Balaban J connectivity index is 1.05. The van der Waals surface area contributed by atoms with Crippen molar-refractivity contribution in [1.29, 1.82) is 0 Å². The molecule has 3 aliphatic rings. The molecule has 1 spiro atoms. The number of fused-ring (bicyclic) bond motifs is 18. The molecular weight excluding hydrogens is 945 g/mol. The molecule has 0 aliphatic heterocycles. The van der Waals surface area contributed by atoms with Crippen LogP contribution >= 0.6 is 0 Å². The van der Waals surface area contributed by atoms with Gasteiger partial charge in [0.25, 0.3) is 0 Å². The third-order valence-corrected chi connectivity index (χ3v) is 17.6. The van der Waals surface area contributed by atoms with Crippen molar-refractivity contribution in [1.82, 2.24) is 19.5 Å². The van der Waals surface area contributed by atoms with Crippen molar-refractivity contribution in [3.05, 3.63) is 311 Å². The maximum absolute atomic E-state index is 5.70. The quantitative estimate of drug-likeness (QED) is 0.173. The molecule has 0 fully saturated rings. The fraction of sp³-hybridized carbons (Fsp3) is 0.0405. The zero-order chi connectivity index (χ0) is 51.3. The van der Waals surface area contributed by atoms with E-state index in [9.17, 15) is 0 Å². The maximum Gasteiger partial charge on any atom is 0.238 e. The molecule has 0 saturated heterocycles. The third-order valence-electron chi connectivity index (χ3n) is 17.6. The smallest absolute Gasteiger partial charge is 0.238 e. The minimum atomic E-state index is -0.608. The summed E-state index contributed by atoms with van der Waals surface area (Å²) < 4.78 is 2.36. The molecule has 4 heteroatoms. The van der Waals surface area contributed by atoms with E-state index < -0.39 is 10.8 Å². The van der Waals surface area contributed by atoms with Gasteiger partial charge in [0, 0.05) is 21.9 Å². The second-order valence-electron chi connectivity index (χ2n) is 21.4. The first kappa shape index (κ1) is 43.2. The van der Waals surface area contributed by atoms with Gasteiger partial charge in [0.05, 0.1) is 21.9 Å². The normalized spacial score (nSPS) is 13.9. The molecule has 0 radical (unpaired) electrons. The second-order valence-corrected chi connectivity index (χ2v) is 21.4. The van der Waals surface area contributed by atoms with Gasteiger partial charge in [-0.05, 0) is 131 Å². The van der Waals surface area contributed by atoms with Gasteiger partial charge in [0.1, 0.15) is 0 Å². The van der Waals surface area contributed by atoms with Crippen molar-refractivity contribution >= 4 is 43.4 Å². The minimum Gasteiger partial charge on any atom is -0.278 e. The van der Waals surface area contributed by atoms with Gasteiger partial charge < -0.3 is 0 Å². The number of aromatic nitrogens is 4. The Morgan fingerprint density at radius 2 is 0.692 bits per heavy atom. The summed E-state index contributed by atoms with van der Waals surface area (Å²) in [5.41, 5.74) is 21.6. The van der Waals surface area contributed by atoms with Crippen LogP contribution in [0.2, 0.25) is 0 Å². The maximum atomic E-state index is 5.70. The molecule has 12 aromatic carbocycles. The highest BCUT2D eigenvalue weighted by atomic mass is 15.2. The molecule has 2 aromatic heterocycles. The molecule has 0 bridgehead atoms. The Kier molecular flexibility index (Phi) is 8.87. The summed E-state index contributed by atoms with van der Waals surface area (Å²) in [6, 6.07) is 96.6. The van der Waals surface area contributed by atoms with E-state index in [1.165, 1.54) is 83.5 Å². The molecule has 0 atom stereocenters. The van der Waals surface area contributed by atoms with Crippen molar-refractivity contribution in [3.8, 4) is 62.1 Å². The Morgan fingerprint density at radius 1 is 0.282 bits per heavy atom. The van der Waals surface area contributed by atoms with Crippen LogP contribution in [0.25, 0.3) is 105 Å². The fourth-order valence-electron chi connectivity index (χ4n) is 14.5. The Hall–Kier alpha value is -10.0. The zero-order valence-corrected chi connectivity index (χ0v) is 42.6. The molecule has 0 saturated carbocycles. The summed E-state index contributed by atoms with van der Waals surface area (Å²) in [6.45, 7) is 2.15. The van der Waals surface area contributed by atoms with Crippen LogP contribution in [0.3, 0.4) is 0 Å². The topological polar surface area (TPSA) is 43.6 Å². The largest absolute Gasteiger partial charge is 0.278 e. The summed E-state index contributed by atoms with van der Waals surface area (Å²) in [5, 5.41) is 6.73. The molecule has 0 N–H and O–H groups in total. The molecule has 14 aromatic rings. The number of benzene rings is 12. The number of hydrogen-bond donors (Lipinski definition) is 0. The Bertz CT molecular complexity index is 4670.